The van der Waals surface area contributed by atoms with Gasteiger partial charge in [-0.3, -0.25) is 9.89 Å². The summed E-state index contributed by atoms with van der Waals surface area (Å²) in [7, 11) is 0. The average Bonchev–Trinajstić information content (AvgIpc) is 3.17. The molecule has 5 nitrogen and oxygen atoms in total. The van der Waals surface area contributed by atoms with E-state index in [0.29, 0.717) is 0 Å². The van der Waals surface area contributed by atoms with Crippen molar-refractivity contribution in [3.8, 4) is 0 Å². The van der Waals surface area contributed by atoms with Crippen LogP contribution in [0.25, 0.3) is 0 Å². The number of H-pyrrole nitrogens is 1. The lowest BCUT2D eigenvalue weighted by atomic mass is 9.77. The van der Waals surface area contributed by atoms with Gasteiger partial charge in [0, 0.05) is 24.2 Å². The van der Waals surface area contributed by atoms with Crippen LogP contribution in [0, 0.1) is 13.8 Å². The van der Waals surface area contributed by atoms with E-state index in [9.17, 15) is 4.79 Å². The van der Waals surface area contributed by atoms with Crippen LogP contribution in [0.2, 0.25) is 0 Å². The molecule has 1 fully saturated rings. The number of thiazole rings is 1. The Kier molecular flexibility index (Phi) is 3.11. The van der Waals surface area contributed by atoms with Gasteiger partial charge in [0.2, 0.25) is 0 Å². The SMILES string of the molecule is Cc1nc(C)c(C(=O)N2CCCC3(CCc4cn[nH]c43)C2)s1. The number of likely N-dealkylation sites (tertiary alicyclic amines) is 1. The molecule has 0 radical (unpaired) electrons. The fourth-order valence-electron chi connectivity index (χ4n) is 4.05. The average molecular weight is 316 g/mol. The summed E-state index contributed by atoms with van der Waals surface area (Å²) in [4.78, 5) is 20.1. The molecule has 2 aliphatic rings. The normalized spacial score (nSPS) is 24.0. The third-order valence-corrected chi connectivity index (χ3v) is 6.14. The van der Waals surface area contributed by atoms with Gasteiger partial charge in [-0.2, -0.15) is 5.10 Å². The summed E-state index contributed by atoms with van der Waals surface area (Å²) in [5.74, 6) is 0.148. The molecule has 2 aromatic rings. The number of aryl methyl sites for hydroxylation is 3. The lowest BCUT2D eigenvalue weighted by Crippen LogP contribution is -2.47. The van der Waals surface area contributed by atoms with Gasteiger partial charge in [-0.25, -0.2) is 4.98 Å². The summed E-state index contributed by atoms with van der Waals surface area (Å²) in [6, 6.07) is 0. The zero-order chi connectivity index (χ0) is 15.3. The molecule has 1 atom stereocenters. The molecule has 22 heavy (non-hydrogen) atoms. The number of amides is 1. The Hall–Kier alpha value is -1.69. The number of piperidine rings is 1. The standard InChI is InChI=1S/C16H20N4OS/c1-10-13(22-11(2)18-10)15(21)20-7-3-5-16(9-20)6-4-12-8-17-19-14(12)16/h8H,3-7,9H2,1-2H3,(H,17,19). The minimum absolute atomic E-state index is 0.0907. The van der Waals surface area contributed by atoms with Gasteiger partial charge in [-0.05, 0) is 45.1 Å². The smallest absolute Gasteiger partial charge is 0.265 e. The van der Waals surface area contributed by atoms with Crippen LogP contribution in [0.3, 0.4) is 0 Å². The van der Waals surface area contributed by atoms with Crippen LogP contribution >= 0.6 is 11.3 Å². The zero-order valence-corrected chi connectivity index (χ0v) is 13.8. The number of rotatable bonds is 1. The van der Waals surface area contributed by atoms with Crippen molar-refractivity contribution in [2.75, 3.05) is 13.1 Å². The molecule has 0 bridgehead atoms. The maximum absolute atomic E-state index is 12.9. The molecule has 0 saturated carbocycles. The topological polar surface area (TPSA) is 61.9 Å². The van der Waals surface area contributed by atoms with E-state index in [4.69, 9.17) is 0 Å². The Morgan fingerprint density at radius 2 is 2.27 bits per heavy atom. The van der Waals surface area contributed by atoms with E-state index in [2.05, 4.69) is 15.2 Å². The van der Waals surface area contributed by atoms with Crippen LogP contribution in [-0.2, 0) is 11.8 Å². The Labute approximate surface area is 133 Å². The van der Waals surface area contributed by atoms with Gasteiger partial charge in [0.1, 0.15) is 4.88 Å². The molecule has 116 valence electrons. The molecule has 0 aromatic carbocycles. The number of hydrogen-bond acceptors (Lipinski definition) is 4. The predicted molar refractivity (Wildman–Crippen MR) is 85.3 cm³/mol. The minimum atomic E-state index is 0.0907. The van der Waals surface area contributed by atoms with Gasteiger partial charge in [0.05, 0.1) is 16.9 Å². The number of hydrogen-bond donors (Lipinski definition) is 1. The van der Waals surface area contributed by atoms with Gasteiger partial charge in [-0.1, -0.05) is 0 Å². The molecule has 1 unspecified atom stereocenters. The summed E-state index contributed by atoms with van der Waals surface area (Å²) >= 11 is 1.51. The van der Waals surface area contributed by atoms with E-state index in [-0.39, 0.29) is 11.3 Å². The molecule has 1 amide bonds. The number of aromatic nitrogens is 3. The van der Waals surface area contributed by atoms with E-state index in [1.165, 1.54) is 22.6 Å². The second-order valence-corrected chi connectivity index (χ2v) is 7.73. The molecule has 6 heteroatoms. The molecule has 1 aliphatic heterocycles. The summed E-state index contributed by atoms with van der Waals surface area (Å²) in [5, 5.41) is 8.36. The summed E-state index contributed by atoms with van der Waals surface area (Å²) in [6.45, 7) is 5.54. The van der Waals surface area contributed by atoms with E-state index in [0.717, 1.165) is 54.4 Å². The number of aromatic amines is 1. The van der Waals surface area contributed by atoms with Crippen LogP contribution in [0.15, 0.2) is 6.20 Å². The highest BCUT2D eigenvalue weighted by Gasteiger charge is 2.44. The van der Waals surface area contributed by atoms with Gasteiger partial charge >= 0.3 is 0 Å². The highest BCUT2D eigenvalue weighted by atomic mass is 32.1. The first-order valence-corrected chi connectivity index (χ1v) is 8.67. The molecule has 1 spiro atoms. The lowest BCUT2D eigenvalue weighted by Gasteiger charge is -2.40. The van der Waals surface area contributed by atoms with Crippen molar-refractivity contribution in [2.45, 2.75) is 44.9 Å². The van der Waals surface area contributed by atoms with Crippen LogP contribution in [0.4, 0.5) is 0 Å². The quantitative estimate of drug-likeness (QED) is 0.879. The molecule has 2 aromatic heterocycles. The minimum Gasteiger partial charge on any atom is -0.337 e. The summed E-state index contributed by atoms with van der Waals surface area (Å²) < 4.78 is 0. The fraction of sp³-hybridized carbons (Fsp3) is 0.562. The Morgan fingerprint density at radius 3 is 3.05 bits per heavy atom. The predicted octanol–water partition coefficient (Wildman–Crippen LogP) is 2.60. The molecular weight excluding hydrogens is 296 g/mol. The number of nitrogens with one attached hydrogen (secondary N) is 1. The molecule has 1 aliphatic carbocycles. The van der Waals surface area contributed by atoms with Crippen molar-refractivity contribution in [2.24, 2.45) is 0 Å². The van der Waals surface area contributed by atoms with Crippen molar-refractivity contribution in [3.63, 3.8) is 0 Å². The van der Waals surface area contributed by atoms with Gasteiger partial charge in [0.25, 0.3) is 5.91 Å². The Morgan fingerprint density at radius 1 is 1.41 bits per heavy atom. The van der Waals surface area contributed by atoms with Crippen molar-refractivity contribution in [1.82, 2.24) is 20.1 Å². The van der Waals surface area contributed by atoms with Crippen molar-refractivity contribution in [3.05, 3.63) is 33.0 Å². The highest BCUT2D eigenvalue weighted by Crippen LogP contribution is 2.44. The van der Waals surface area contributed by atoms with Gasteiger partial charge in [0.15, 0.2) is 0 Å². The van der Waals surface area contributed by atoms with Gasteiger partial charge < -0.3 is 4.90 Å². The Balaban J connectivity index is 1.62. The maximum Gasteiger partial charge on any atom is 0.265 e. The molecular formula is C16H20N4OS. The number of carbonyl (C=O) groups excluding carboxylic acids is 1. The van der Waals surface area contributed by atoms with E-state index < -0.39 is 0 Å². The molecule has 1 saturated heterocycles. The van der Waals surface area contributed by atoms with Crippen LogP contribution in [-0.4, -0.2) is 39.1 Å². The molecule has 4 rings (SSSR count). The maximum atomic E-state index is 12.9. The molecule has 3 heterocycles. The van der Waals surface area contributed by atoms with Gasteiger partial charge in [-0.15, -0.1) is 11.3 Å². The second kappa shape index (κ2) is 4.91. The first-order valence-electron chi connectivity index (χ1n) is 7.85. The lowest BCUT2D eigenvalue weighted by molar-refractivity contribution is 0.0637. The first-order chi connectivity index (χ1) is 10.6. The van der Waals surface area contributed by atoms with Crippen LogP contribution in [0.5, 0.6) is 0 Å². The summed E-state index contributed by atoms with van der Waals surface area (Å²) in [6.07, 6.45) is 6.35. The van der Waals surface area contributed by atoms with Crippen LogP contribution in [0.1, 0.15) is 50.9 Å². The van der Waals surface area contributed by atoms with Crippen molar-refractivity contribution in [1.29, 1.82) is 0 Å². The fourth-order valence-corrected chi connectivity index (χ4v) is 4.93. The van der Waals surface area contributed by atoms with Crippen molar-refractivity contribution < 1.29 is 4.79 Å². The monoisotopic (exact) mass is 316 g/mol. The number of fused-ring (bicyclic) bond motifs is 2. The zero-order valence-electron chi connectivity index (χ0n) is 13.0. The van der Waals surface area contributed by atoms with E-state index in [1.807, 2.05) is 24.9 Å². The Bertz CT molecular complexity index is 734. The van der Waals surface area contributed by atoms with E-state index >= 15 is 0 Å². The highest BCUT2D eigenvalue weighted by molar-refractivity contribution is 7.13. The number of carbonyl (C=O) groups is 1. The number of nitrogens with zero attached hydrogens (tertiary/aromatic N) is 3. The second-order valence-electron chi connectivity index (χ2n) is 6.53. The third kappa shape index (κ3) is 2.00. The van der Waals surface area contributed by atoms with Crippen LogP contribution < -0.4 is 0 Å². The van der Waals surface area contributed by atoms with Crippen molar-refractivity contribution >= 4 is 17.2 Å². The third-order valence-electron chi connectivity index (χ3n) is 5.08. The molecule has 1 N–H and O–H groups in total. The largest absolute Gasteiger partial charge is 0.337 e. The van der Waals surface area contributed by atoms with E-state index in [1.54, 1.807) is 0 Å². The first kappa shape index (κ1) is 13.9. The summed E-state index contributed by atoms with van der Waals surface area (Å²) in [5.41, 5.74) is 3.55.